The molecule has 0 aliphatic heterocycles. The van der Waals surface area contributed by atoms with Crippen LogP contribution in [0.3, 0.4) is 0 Å². The van der Waals surface area contributed by atoms with Crippen molar-refractivity contribution >= 4 is 7.60 Å². The minimum Gasteiger partial charge on any atom is -0.405 e. The third kappa shape index (κ3) is 11.7. The lowest BCUT2D eigenvalue weighted by molar-refractivity contribution is -0.274. The minimum atomic E-state index is -4.76. The first-order chi connectivity index (χ1) is 15.1. The van der Waals surface area contributed by atoms with Crippen LogP contribution in [0.4, 0.5) is 13.2 Å². The van der Waals surface area contributed by atoms with Crippen LogP contribution in [0, 0.1) is 0 Å². The number of ether oxygens (including phenoxy) is 1. The molecule has 0 aromatic heterocycles. The van der Waals surface area contributed by atoms with Gasteiger partial charge in [-0.3, -0.25) is 4.57 Å². The van der Waals surface area contributed by atoms with Crippen molar-refractivity contribution in [1.82, 2.24) is 5.32 Å². The van der Waals surface area contributed by atoms with Gasteiger partial charge in [-0.05, 0) is 61.4 Å². The SMILES string of the molecule is O=P(O)(O)CCCNCc1ccc(CCCCCCc2ccccc2)c(OC(F)(F)F)c1. The van der Waals surface area contributed by atoms with E-state index in [0.717, 1.165) is 32.1 Å². The Morgan fingerprint density at radius 1 is 0.875 bits per heavy atom. The number of halogens is 3. The third-order valence-electron chi connectivity index (χ3n) is 4.99. The monoisotopic (exact) mass is 473 g/mol. The second-order valence-electron chi connectivity index (χ2n) is 7.81. The molecule has 3 N–H and O–H groups in total. The highest BCUT2D eigenvalue weighted by Crippen LogP contribution is 2.34. The maximum Gasteiger partial charge on any atom is 0.573 e. The molecular formula is C23H31F3NO4P. The lowest BCUT2D eigenvalue weighted by Crippen LogP contribution is -2.19. The van der Waals surface area contributed by atoms with Crippen molar-refractivity contribution in [1.29, 1.82) is 0 Å². The second kappa shape index (κ2) is 13.0. The van der Waals surface area contributed by atoms with Crippen molar-refractivity contribution in [3.63, 3.8) is 0 Å². The van der Waals surface area contributed by atoms with E-state index in [1.807, 2.05) is 18.2 Å². The molecule has 0 aliphatic carbocycles. The Hall–Kier alpha value is -1.86. The van der Waals surface area contributed by atoms with Gasteiger partial charge in [0.15, 0.2) is 0 Å². The third-order valence-corrected chi connectivity index (χ3v) is 5.89. The van der Waals surface area contributed by atoms with Crippen molar-refractivity contribution in [3.05, 3.63) is 65.2 Å². The van der Waals surface area contributed by atoms with Crippen molar-refractivity contribution in [2.24, 2.45) is 0 Å². The number of benzene rings is 2. The van der Waals surface area contributed by atoms with E-state index in [0.29, 0.717) is 24.1 Å². The molecule has 0 saturated carbocycles. The summed E-state index contributed by atoms with van der Waals surface area (Å²) in [5, 5.41) is 2.98. The molecule has 2 aromatic carbocycles. The summed E-state index contributed by atoms with van der Waals surface area (Å²) in [6, 6.07) is 15.0. The topological polar surface area (TPSA) is 78.8 Å². The molecule has 178 valence electrons. The Morgan fingerprint density at radius 3 is 2.22 bits per heavy atom. The lowest BCUT2D eigenvalue weighted by Gasteiger charge is -2.15. The molecule has 0 fully saturated rings. The Labute approximate surface area is 187 Å². The summed E-state index contributed by atoms with van der Waals surface area (Å²) in [7, 11) is -4.03. The molecule has 0 saturated heterocycles. The normalized spacial score (nSPS) is 12.2. The van der Waals surface area contributed by atoms with Gasteiger partial charge in [0.25, 0.3) is 0 Å². The summed E-state index contributed by atoms with van der Waals surface area (Å²) >= 11 is 0. The number of aryl methyl sites for hydroxylation is 2. The number of hydrogen-bond acceptors (Lipinski definition) is 3. The number of nitrogens with one attached hydrogen (secondary N) is 1. The fraction of sp³-hybridized carbons (Fsp3) is 0.478. The maximum absolute atomic E-state index is 12.9. The lowest BCUT2D eigenvalue weighted by atomic mass is 10.0. The smallest absolute Gasteiger partial charge is 0.405 e. The van der Waals surface area contributed by atoms with E-state index in [2.05, 4.69) is 22.2 Å². The largest absolute Gasteiger partial charge is 0.573 e. The first-order valence-corrected chi connectivity index (χ1v) is 12.6. The average molecular weight is 473 g/mol. The highest BCUT2D eigenvalue weighted by molar-refractivity contribution is 7.51. The van der Waals surface area contributed by atoms with Gasteiger partial charge in [0.1, 0.15) is 5.75 Å². The molecule has 2 rings (SSSR count). The zero-order chi connectivity index (χ0) is 23.5. The quantitative estimate of drug-likeness (QED) is 0.246. The molecule has 32 heavy (non-hydrogen) atoms. The van der Waals surface area contributed by atoms with Crippen LogP contribution >= 0.6 is 7.60 Å². The summed E-state index contributed by atoms with van der Waals surface area (Å²) in [5.41, 5.74) is 2.43. The van der Waals surface area contributed by atoms with Crippen LogP contribution in [0.25, 0.3) is 0 Å². The summed E-state index contributed by atoms with van der Waals surface area (Å²) in [6.07, 6.45) is 0.560. The standard InChI is InChI=1S/C23H31F3NO4P/c24-23(25,26)31-22-17-20(18-27-15-8-16-32(28,29)30)13-14-21(22)12-7-2-1-4-9-19-10-5-3-6-11-19/h3,5-6,10-11,13-14,17,27H,1-2,4,7-9,12,15-16,18H2,(H2,28,29,30). The van der Waals surface area contributed by atoms with E-state index >= 15 is 0 Å². The highest BCUT2D eigenvalue weighted by Gasteiger charge is 2.32. The predicted molar refractivity (Wildman–Crippen MR) is 119 cm³/mol. The molecule has 0 aliphatic rings. The van der Waals surface area contributed by atoms with Crippen molar-refractivity contribution in [3.8, 4) is 5.75 Å². The summed E-state index contributed by atoms with van der Waals surface area (Å²) < 4.78 is 53.6. The first-order valence-electron chi connectivity index (χ1n) is 10.8. The van der Waals surface area contributed by atoms with Crippen LogP contribution in [0.1, 0.15) is 48.8 Å². The van der Waals surface area contributed by atoms with Gasteiger partial charge < -0.3 is 19.8 Å². The Kier molecular flexibility index (Phi) is 10.7. The molecule has 9 heteroatoms. The van der Waals surface area contributed by atoms with Gasteiger partial charge in [0, 0.05) is 6.54 Å². The maximum atomic E-state index is 12.9. The van der Waals surface area contributed by atoms with Gasteiger partial charge in [-0.2, -0.15) is 0 Å². The van der Waals surface area contributed by atoms with Crippen LogP contribution in [-0.4, -0.2) is 28.9 Å². The van der Waals surface area contributed by atoms with E-state index < -0.39 is 14.0 Å². The first kappa shape index (κ1) is 26.4. The van der Waals surface area contributed by atoms with E-state index in [4.69, 9.17) is 9.79 Å². The molecule has 0 heterocycles. The van der Waals surface area contributed by atoms with Crippen LogP contribution in [-0.2, 0) is 24.0 Å². The zero-order valence-corrected chi connectivity index (χ0v) is 18.9. The van der Waals surface area contributed by atoms with Crippen LogP contribution in [0.15, 0.2) is 48.5 Å². The second-order valence-corrected chi connectivity index (χ2v) is 9.58. The number of hydrogen-bond donors (Lipinski definition) is 3. The number of alkyl halides is 3. The van der Waals surface area contributed by atoms with Crippen molar-refractivity contribution in [2.45, 2.75) is 57.9 Å². The van der Waals surface area contributed by atoms with E-state index in [-0.39, 0.29) is 24.9 Å². The summed E-state index contributed by atoms with van der Waals surface area (Å²) in [6.45, 7) is 0.639. The fourth-order valence-electron chi connectivity index (χ4n) is 3.42. The van der Waals surface area contributed by atoms with Gasteiger partial charge in [0.05, 0.1) is 6.16 Å². The van der Waals surface area contributed by atoms with Crippen LogP contribution < -0.4 is 10.1 Å². The van der Waals surface area contributed by atoms with Gasteiger partial charge in [-0.15, -0.1) is 13.2 Å². The molecular weight excluding hydrogens is 442 g/mol. The fourth-order valence-corrected chi connectivity index (χ4v) is 3.99. The van der Waals surface area contributed by atoms with E-state index in [9.17, 15) is 17.7 Å². The number of rotatable bonds is 14. The average Bonchev–Trinajstić information content (AvgIpc) is 2.70. The van der Waals surface area contributed by atoms with E-state index in [1.54, 1.807) is 12.1 Å². The van der Waals surface area contributed by atoms with Crippen molar-refractivity contribution in [2.75, 3.05) is 12.7 Å². The minimum absolute atomic E-state index is 0.184. The Bertz CT molecular complexity index is 856. The van der Waals surface area contributed by atoms with Crippen molar-refractivity contribution < 1.29 is 32.3 Å². The van der Waals surface area contributed by atoms with Gasteiger partial charge in [-0.1, -0.05) is 55.3 Å². The van der Waals surface area contributed by atoms with Gasteiger partial charge >= 0.3 is 14.0 Å². The summed E-state index contributed by atoms with van der Waals surface area (Å²) in [5.74, 6) is -0.184. The summed E-state index contributed by atoms with van der Waals surface area (Å²) in [4.78, 5) is 17.7. The van der Waals surface area contributed by atoms with Crippen LogP contribution in [0.5, 0.6) is 5.75 Å². The van der Waals surface area contributed by atoms with Gasteiger partial charge in [0.2, 0.25) is 0 Å². The predicted octanol–water partition coefficient (Wildman–Crippen LogP) is 5.59. The molecule has 0 atom stereocenters. The Morgan fingerprint density at radius 2 is 1.56 bits per heavy atom. The van der Waals surface area contributed by atoms with Crippen LogP contribution in [0.2, 0.25) is 0 Å². The molecule has 0 unspecified atom stereocenters. The Balaban J connectivity index is 1.81. The highest BCUT2D eigenvalue weighted by atomic mass is 31.2. The molecule has 0 radical (unpaired) electrons. The molecule has 0 bridgehead atoms. The zero-order valence-electron chi connectivity index (χ0n) is 18.0. The molecule has 0 spiro atoms. The molecule has 5 nitrogen and oxygen atoms in total. The van der Waals surface area contributed by atoms with Gasteiger partial charge in [-0.25, -0.2) is 0 Å². The molecule has 2 aromatic rings. The molecule has 0 amide bonds. The number of unbranched alkanes of at least 4 members (excludes halogenated alkanes) is 3. The van der Waals surface area contributed by atoms with E-state index in [1.165, 1.54) is 11.6 Å².